The summed E-state index contributed by atoms with van der Waals surface area (Å²) in [6.07, 6.45) is 1.10. The molecule has 29 heavy (non-hydrogen) atoms. The predicted molar refractivity (Wildman–Crippen MR) is 122 cm³/mol. The lowest BCUT2D eigenvalue weighted by Gasteiger charge is -2.30. The summed E-state index contributed by atoms with van der Waals surface area (Å²) in [6, 6.07) is 5.38. The van der Waals surface area contributed by atoms with Crippen LogP contribution in [-0.4, -0.2) is 30.7 Å². The third-order valence-corrected chi connectivity index (χ3v) is 7.36. The first-order chi connectivity index (χ1) is 13.3. The fourth-order valence-electron chi connectivity index (χ4n) is 2.68. The van der Waals surface area contributed by atoms with Crippen molar-refractivity contribution in [3.8, 4) is 0 Å². The molecule has 1 atom stereocenters. The van der Waals surface area contributed by atoms with Gasteiger partial charge >= 0.3 is 6.09 Å². The maximum absolute atomic E-state index is 12.8. The van der Waals surface area contributed by atoms with Crippen molar-refractivity contribution in [1.29, 1.82) is 0 Å². The molecule has 160 valence electrons. The minimum atomic E-state index is -1.35. The summed E-state index contributed by atoms with van der Waals surface area (Å²) in [4.78, 5) is 17.8. The molecule has 0 spiro atoms. The van der Waals surface area contributed by atoms with E-state index < -0.39 is 27.4 Å². The number of amides is 1. The summed E-state index contributed by atoms with van der Waals surface area (Å²) in [6.45, 7) is 9.56. The monoisotopic (exact) mass is 477 g/mol. The van der Waals surface area contributed by atoms with Crippen LogP contribution in [0, 0.1) is 0 Å². The van der Waals surface area contributed by atoms with Gasteiger partial charge in [-0.1, -0.05) is 29.3 Å². The van der Waals surface area contributed by atoms with Crippen molar-refractivity contribution in [3.63, 3.8) is 0 Å². The highest BCUT2D eigenvalue weighted by Crippen LogP contribution is 2.29. The minimum absolute atomic E-state index is 0.326. The third-order valence-electron chi connectivity index (χ3n) is 4.09. The Morgan fingerprint density at radius 2 is 1.90 bits per heavy atom. The molecule has 1 heterocycles. The van der Waals surface area contributed by atoms with Gasteiger partial charge in [-0.2, -0.15) is 0 Å². The molecule has 1 amide bonds. The molecule has 10 heteroatoms. The Morgan fingerprint density at radius 3 is 2.45 bits per heavy atom. The van der Waals surface area contributed by atoms with Crippen molar-refractivity contribution >= 4 is 56.7 Å². The van der Waals surface area contributed by atoms with E-state index in [9.17, 15) is 14.1 Å². The van der Waals surface area contributed by atoms with Gasteiger partial charge in [-0.3, -0.25) is 0 Å². The Bertz CT molecular complexity index is 910. The average Bonchev–Trinajstić information content (AvgIpc) is 3.02. The molecule has 1 aromatic heterocycles. The summed E-state index contributed by atoms with van der Waals surface area (Å²) in [5, 5.41) is 10.8. The molecule has 0 aliphatic carbocycles. The molecule has 0 bridgehead atoms. The maximum atomic E-state index is 12.8. The zero-order valence-corrected chi connectivity index (χ0v) is 20.1. The van der Waals surface area contributed by atoms with E-state index in [4.69, 9.17) is 23.2 Å². The second kappa shape index (κ2) is 9.31. The van der Waals surface area contributed by atoms with Crippen LogP contribution in [0.2, 0.25) is 10.0 Å². The summed E-state index contributed by atoms with van der Waals surface area (Å²) in [5.41, 5.74) is 0.334. The molecule has 0 aliphatic rings. The van der Waals surface area contributed by atoms with Gasteiger partial charge in [-0.05, 0) is 58.7 Å². The predicted octanol–water partition coefficient (Wildman–Crippen LogP) is 5.51. The largest absolute Gasteiger partial charge is 0.465 e. The highest BCUT2D eigenvalue weighted by atomic mass is 35.5. The van der Waals surface area contributed by atoms with Crippen molar-refractivity contribution in [3.05, 3.63) is 44.9 Å². The Kier molecular flexibility index (Phi) is 7.73. The van der Waals surface area contributed by atoms with Crippen LogP contribution in [0.4, 0.5) is 9.93 Å². The lowest BCUT2D eigenvalue weighted by molar-refractivity contribution is 0.195. The van der Waals surface area contributed by atoms with Gasteiger partial charge < -0.3 is 5.11 Å². The average molecular weight is 478 g/mol. The molecule has 0 aliphatic heterocycles. The SMILES string of the molecule is CC(C)(C)N(C(=O)O)c1ncc(CNS(=O)C(C)(C)Cc2ccc(Cl)c(Cl)c2)s1. The zero-order valence-electron chi connectivity index (χ0n) is 17.0. The lowest BCUT2D eigenvalue weighted by Crippen LogP contribution is -2.45. The number of carboxylic acid groups (broad SMARTS) is 1. The number of hydrogen-bond acceptors (Lipinski definition) is 4. The Morgan fingerprint density at radius 1 is 1.24 bits per heavy atom. The second-order valence-electron chi connectivity index (χ2n) is 8.17. The fraction of sp³-hybridized carbons (Fsp3) is 0.474. The van der Waals surface area contributed by atoms with Gasteiger partial charge in [0.1, 0.15) is 0 Å². The van der Waals surface area contributed by atoms with E-state index in [0.717, 1.165) is 10.4 Å². The van der Waals surface area contributed by atoms with Crippen LogP contribution in [-0.2, 0) is 24.0 Å². The van der Waals surface area contributed by atoms with E-state index >= 15 is 0 Å². The van der Waals surface area contributed by atoms with Crippen LogP contribution in [0.15, 0.2) is 24.4 Å². The van der Waals surface area contributed by atoms with Crippen molar-refractivity contribution in [2.75, 3.05) is 4.90 Å². The zero-order chi connectivity index (χ0) is 22.0. The van der Waals surface area contributed by atoms with E-state index in [1.54, 1.807) is 39.1 Å². The molecule has 2 rings (SSSR count). The van der Waals surface area contributed by atoms with Crippen molar-refractivity contribution in [2.24, 2.45) is 0 Å². The smallest absolute Gasteiger partial charge is 0.414 e. The molecule has 1 unspecified atom stereocenters. The normalized spacial score (nSPS) is 13.3. The van der Waals surface area contributed by atoms with E-state index in [-0.39, 0.29) is 0 Å². The number of anilines is 1. The van der Waals surface area contributed by atoms with E-state index in [0.29, 0.717) is 28.1 Å². The van der Waals surface area contributed by atoms with E-state index in [1.165, 1.54) is 16.2 Å². The number of aromatic nitrogens is 1. The first-order valence-corrected chi connectivity index (χ1v) is 11.6. The summed E-state index contributed by atoms with van der Waals surface area (Å²) < 4.78 is 15.3. The number of halogens is 2. The molecule has 1 aromatic carbocycles. The van der Waals surface area contributed by atoms with Crippen molar-refractivity contribution in [2.45, 2.75) is 57.9 Å². The van der Waals surface area contributed by atoms with E-state index in [1.807, 2.05) is 19.9 Å². The molecule has 0 saturated carbocycles. The van der Waals surface area contributed by atoms with Crippen molar-refractivity contribution in [1.82, 2.24) is 9.71 Å². The summed E-state index contributed by atoms with van der Waals surface area (Å²) in [7, 11) is -1.35. The van der Waals surface area contributed by atoms with Gasteiger partial charge in [0.2, 0.25) is 0 Å². The number of nitrogens with zero attached hydrogens (tertiary/aromatic N) is 2. The van der Waals surface area contributed by atoms with Crippen LogP contribution in [0.1, 0.15) is 45.1 Å². The van der Waals surface area contributed by atoms with Crippen LogP contribution >= 0.6 is 34.5 Å². The maximum Gasteiger partial charge on any atom is 0.414 e. The van der Waals surface area contributed by atoms with Crippen LogP contribution in [0.5, 0.6) is 0 Å². The summed E-state index contributed by atoms with van der Waals surface area (Å²) in [5.74, 6) is 0. The fourth-order valence-corrected chi connectivity index (χ4v) is 5.10. The van der Waals surface area contributed by atoms with Gasteiger partial charge in [0.15, 0.2) is 5.13 Å². The Hall–Kier alpha value is -1.19. The number of thiazole rings is 1. The molecular weight excluding hydrogens is 453 g/mol. The molecule has 0 saturated heterocycles. The quantitative estimate of drug-likeness (QED) is 0.550. The highest BCUT2D eigenvalue weighted by Gasteiger charge is 2.31. The number of rotatable bonds is 7. The molecular formula is C19H25Cl2N3O3S2. The van der Waals surface area contributed by atoms with Gasteiger partial charge in [-0.25, -0.2) is 23.6 Å². The van der Waals surface area contributed by atoms with Crippen LogP contribution < -0.4 is 9.62 Å². The molecule has 6 nitrogen and oxygen atoms in total. The molecule has 0 radical (unpaired) electrons. The van der Waals surface area contributed by atoms with Crippen LogP contribution in [0.3, 0.4) is 0 Å². The number of hydrogen-bond donors (Lipinski definition) is 2. The Labute approximate surface area is 187 Å². The third kappa shape index (κ3) is 6.39. The number of nitrogens with one attached hydrogen (secondary N) is 1. The standard InChI is InChI=1S/C19H25Cl2N3O3S2/c1-18(2,3)24(17(25)26)16-22-10-13(28-16)11-23-29(27)19(4,5)9-12-6-7-14(20)15(21)8-12/h6-8,10,23H,9,11H2,1-5H3,(H,25,26). The highest BCUT2D eigenvalue weighted by molar-refractivity contribution is 7.84. The van der Waals surface area contributed by atoms with Gasteiger partial charge in [0, 0.05) is 23.2 Å². The summed E-state index contributed by atoms with van der Waals surface area (Å²) >= 11 is 13.3. The number of carbonyl (C=O) groups is 1. The van der Waals surface area contributed by atoms with Crippen molar-refractivity contribution < 1.29 is 14.1 Å². The lowest BCUT2D eigenvalue weighted by atomic mass is 10.0. The minimum Gasteiger partial charge on any atom is -0.465 e. The van der Waals surface area contributed by atoms with Gasteiger partial charge in [0.25, 0.3) is 0 Å². The second-order valence-corrected chi connectivity index (χ2v) is 12.0. The van der Waals surface area contributed by atoms with Gasteiger partial charge in [-0.15, -0.1) is 11.3 Å². The molecule has 2 N–H and O–H groups in total. The van der Waals surface area contributed by atoms with Crippen LogP contribution in [0.25, 0.3) is 0 Å². The first-order valence-electron chi connectivity index (χ1n) is 8.88. The van der Waals surface area contributed by atoms with Gasteiger partial charge in [0.05, 0.1) is 25.8 Å². The van der Waals surface area contributed by atoms with E-state index in [2.05, 4.69) is 9.71 Å². The molecule has 0 fully saturated rings. The Balaban J connectivity index is 2.03. The number of benzene rings is 1. The first kappa shape index (κ1) is 24.1. The molecule has 2 aromatic rings. The topological polar surface area (TPSA) is 82.5 Å².